The summed E-state index contributed by atoms with van der Waals surface area (Å²) in [5.41, 5.74) is 2.23. The molecule has 17 heavy (non-hydrogen) atoms. The Morgan fingerprint density at radius 1 is 1.53 bits per heavy atom. The normalized spacial score (nSPS) is 10.9. The smallest absolute Gasteiger partial charge is 0.319 e. The molecule has 0 saturated carbocycles. The molecule has 96 valence electrons. The summed E-state index contributed by atoms with van der Waals surface area (Å²) in [7, 11) is 3.30. The minimum atomic E-state index is -0.217. The topological polar surface area (TPSA) is 47.4 Å². The van der Waals surface area contributed by atoms with Gasteiger partial charge in [-0.2, -0.15) is 5.10 Å². The van der Waals surface area contributed by atoms with Crippen molar-refractivity contribution in [3.05, 3.63) is 17.5 Å². The first-order valence-corrected chi connectivity index (χ1v) is 5.91. The van der Waals surface area contributed by atoms with E-state index in [1.807, 2.05) is 16.6 Å². The second-order valence-electron chi connectivity index (χ2n) is 4.04. The van der Waals surface area contributed by atoms with Crippen molar-refractivity contribution in [2.45, 2.75) is 33.4 Å². The minimum absolute atomic E-state index is 0.217. The van der Waals surface area contributed by atoms with Crippen molar-refractivity contribution >= 4 is 5.97 Å². The van der Waals surface area contributed by atoms with Gasteiger partial charge in [-0.15, -0.1) is 0 Å². The zero-order chi connectivity index (χ0) is 12.8. The molecule has 0 spiro atoms. The monoisotopic (exact) mass is 239 g/mol. The van der Waals surface area contributed by atoms with Crippen molar-refractivity contribution in [2.24, 2.45) is 0 Å². The molecule has 5 nitrogen and oxygen atoms in total. The second kappa shape index (κ2) is 6.39. The number of ether oxygens (including phenoxy) is 1. The number of aromatic nitrogens is 2. The van der Waals surface area contributed by atoms with E-state index in [2.05, 4.69) is 29.7 Å². The molecule has 1 rings (SSSR count). The van der Waals surface area contributed by atoms with E-state index < -0.39 is 0 Å². The average molecular weight is 239 g/mol. The Morgan fingerprint density at radius 2 is 2.24 bits per heavy atom. The molecule has 1 heterocycles. The molecule has 0 fully saturated rings. The third-order valence-corrected chi connectivity index (χ3v) is 2.63. The Bertz CT molecular complexity index is 374. The van der Waals surface area contributed by atoms with Gasteiger partial charge in [-0.1, -0.05) is 6.92 Å². The minimum Gasteiger partial charge on any atom is -0.468 e. The maximum atomic E-state index is 11.1. The molecular weight excluding hydrogens is 218 g/mol. The Balaban J connectivity index is 2.66. The Hall–Kier alpha value is -1.36. The van der Waals surface area contributed by atoms with Crippen LogP contribution >= 0.6 is 0 Å². The summed E-state index contributed by atoms with van der Waals surface area (Å²) in [4.78, 5) is 13.1. The Labute approximate surface area is 102 Å². The fourth-order valence-corrected chi connectivity index (χ4v) is 1.71. The summed E-state index contributed by atoms with van der Waals surface area (Å²) in [6.07, 6.45) is 0.931. The predicted molar refractivity (Wildman–Crippen MR) is 65.6 cm³/mol. The first-order valence-electron chi connectivity index (χ1n) is 5.91. The van der Waals surface area contributed by atoms with E-state index in [1.54, 1.807) is 0 Å². The van der Waals surface area contributed by atoms with Crippen LogP contribution in [-0.4, -0.2) is 41.4 Å². The molecule has 0 saturated heterocycles. The summed E-state index contributed by atoms with van der Waals surface area (Å²) >= 11 is 0. The molecule has 0 N–H and O–H groups in total. The van der Waals surface area contributed by atoms with Crippen molar-refractivity contribution in [3.8, 4) is 0 Å². The predicted octanol–water partition coefficient (Wildman–Crippen LogP) is 1.07. The number of carbonyl (C=O) groups excluding carboxylic acids is 1. The molecular formula is C12H21N3O2. The number of hydrogen-bond donors (Lipinski definition) is 0. The first-order chi connectivity index (χ1) is 8.10. The van der Waals surface area contributed by atoms with Crippen molar-refractivity contribution in [1.82, 2.24) is 14.7 Å². The van der Waals surface area contributed by atoms with Gasteiger partial charge in [-0.3, -0.25) is 14.4 Å². The maximum absolute atomic E-state index is 11.1. The number of esters is 1. The lowest BCUT2D eigenvalue weighted by atomic mass is 10.3. The quantitative estimate of drug-likeness (QED) is 0.697. The van der Waals surface area contributed by atoms with Crippen LogP contribution in [0.3, 0.4) is 0 Å². The average Bonchev–Trinajstić information content (AvgIpc) is 2.70. The largest absolute Gasteiger partial charge is 0.468 e. The zero-order valence-electron chi connectivity index (χ0n) is 11.1. The number of hydrogen-bond acceptors (Lipinski definition) is 4. The number of likely N-dealkylation sites (N-methyl/N-ethyl adjacent to an activating group) is 1. The first kappa shape index (κ1) is 13.7. The van der Waals surface area contributed by atoms with Crippen LogP contribution in [0.1, 0.15) is 25.2 Å². The summed E-state index contributed by atoms with van der Waals surface area (Å²) in [5.74, 6) is -0.217. The molecule has 1 aromatic rings. The van der Waals surface area contributed by atoms with E-state index in [4.69, 9.17) is 0 Å². The highest BCUT2D eigenvalue weighted by molar-refractivity contribution is 5.71. The van der Waals surface area contributed by atoms with Gasteiger partial charge in [0, 0.05) is 13.1 Å². The van der Waals surface area contributed by atoms with Gasteiger partial charge >= 0.3 is 5.97 Å². The van der Waals surface area contributed by atoms with E-state index >= 15 is 0 Å². The fourth-order valence-electron chi connectivity index (χ4n) is 1.71. The van der Waals surface area contributed by atoms with Crippen LogP contribution in [0.2, 0.25) is 0 Å². The van der Waals surface area contributed by atoms with Crippen molar-refractivity contribution < 1.29 is 9.53 Å². The summed E-state index contributed by atoms with van der Waals surface area (Å²) in [6, 6.07) is 2.09. The van der Waals surface area contributed by atoms with E-state index in [1.165, 1.54) is 7.11 Å². The number of carbonyl (C=O) groups is 1. The van der Waals surface area contributed by atoms with Crippen LogP contribution in [0, 0.1) is 0 Å². The van der Waals surface area contributed by atoms with E-state index in [9.17, 15) is 4.79 Å². The molecule has 0 atom stereocenters. The summed E-state index contributed by atoms with van der Waals surface area (Å²) in [6.45, 7) is 6.00. The highest BCUT2D eigenvalue weighted by Crippen LogP contribution is 2.08. The number of rotatable bonds is 6. The van der Waals surface area contributed by atoms with Gasteiger partial charge in [-0.25, -0.2) is 0 Å². The zero-order valence-corrected chi connectivity index (χ0v) is 11.1. The Kier molecular flexibility index (Phi) is 5.15. The summed E-state index contributed by atoms with van der Waals surface area (Å²) in [5, 5.41) is 4.47. The third-order valence-electron chi connectivity index (χ3n) is 2.63. The van der Waals surface area contributed by atoms with E-state index in [-0.39, 0.29) is 5.97 Å². The van der Waals surface area contributed by atoms with Crippen LogP contribution in [0.15, 0.2) is 6.07 Å². The maximum Gasteiger partial charge on any atom is 0.319 e. The fraction of sp³-hybridized carbons (Fsp3) is 0.667. The van der Waals surface area contributed by atoms with Crippen LogP contribution < -0.4 is 0 Å². The molecule has 1 aromatic heterocycles. The SMILES string of the molecule is CCc1cc(CN(C)CC(=O)OC)n(CC)n1. The van der Waals surface area contributed by atoms with Gasteiger partial charge < -0.3 is 4.74 Å². The molecule has 0 bridgehead atoms. The Morgan fingerprint density at radius 3 is 2.76 bits per heavy atom. The van der Waals surface area contributed by atoms with Gasteiger partial charge in [0.1, 0.15) is 0 Å². The molecule has 0 radical (unpaired) electrons. The summed E-state index contributed by atoms with van der Waals surface area (Å²) < 4.78 is 6.62. The van der Waals surface area contributed by atoms with Crippen molar-refractivity contribution in [3.63, 3.8) is 0 Å². The molecule has 0 unspecified atom stereocenters. The third kappa shape index (κ3) is 3.85. The standard InChI is InChI=1S/C12H21N3O2/c1-5-10-7-11(15(6-2)13-10)8-14(3)9-12(16)17-4/h7H,5-6,8-9H2,1-4H3. The lowest BCUT2D eigenvalue weighted by molar-refractivity contribution is -0.141. The van der Waals surface area contributed by atoms with Gasteiger partial charge in [0.05, 0.1) is 25.0 Å². The van der Waals surface area contributed by atoms with Crippen LogP contribution in [0.25, 0.3) is 0 Å². The van der Waals surface area contributed by atoms with Crippen molar-refractivity contribution in [2.75, 3.05) is 20.7 Å². The molecule has 0 amide bonds. The van der Waals surface area contributed by atoms with Crippen LogP contribution in [0.4, 0.5) is 0 Å². The lowest BCUT2D eigenvalue weighted by Crippen LogP contribution is -2.27. The molecule has 0 aromatic carbocycles. The van der Waals surface area contributed by atoms with Crippen LogP contribution in [-0.2, 0) is 29.0 Å². The van der Waals surface area contributed by atoms with E-state index in [0.29, 0.717) is 13.1 Å². The van der Waals surface area contributed by atoms with Gasteiger partial charge in [0.15, 0.2) is 0 Å². The molecule has 0 aliphatic carbocycles. The van der Waals surface area contributed by atoms with Gasteiger partial charge in [0.25, 0.3) is 0 Å². The number of methoxy groups -OCH3 is 1. The molecule has 5 heteroatoms. The second-order valence-corrected chi connectivity index (χ2v) is 4.04. The van der Waals surface area contributed by atoms with Crippen LogP contribution in [0.5, 0.6) is 0 Å². The lowest BCUT2D eigenvalue weighted by Gasteiger charge is -2.15. The highest BCUT2D eigenvalue weighted by Gasteiger charge is 2.11. The number of nitrogens with zero attached hydrogens (tertiary/aromatic N) is 3. The van der Waals surface area contributed by atoms with Crippen molar-refractivity contribution in [1.29, 1.82) is 0 Å². The van der Waals surface area contributed by atoms with E-state index in [0.717, 1.165) is 24.4 Å². The molecule has 0 aliphatic heterocycles. The molecule has 0 aliphatic rings. The van der Waals surface area contributed by atoms with Gasteiger partial charge in [-0.05, 0) is 26.5 Å². The van der Waals surface area contributed by atoms with Gasteiger partial charge in [0.2, 0.25) is 0 Å². The number of aryl methyl sites for hydroxylation is 2. The highest BCUT2D eigenvalue weighted by atomic mass is 16.5.